The van der Waals surface area contributed by atoms with Gasteiger partial charge in [-0.1, -0.05) is 11.2 Å². The number of hydrogen-bond donors (Lipinski definition) is 1. The Bertz CT molecular complexity index is 864. The molecule has 4 aromatic heterocycles. The molecule has 4 heterocycles. The summed E-state index contributed by atoms with van der Waals surface area (Å²) in [6.45, 7) is 0. The minimum atomic E-state index is 0.697. The number of fused-ring (bicyclic) bond motifs is 1. The highest BCUT2D eigenvalue weighted by Gasteiger charge is 2.17. The second-order valence-corrected chi connectivity index (χ2v) is 4.39. The quantitative estimate of drug-likeness (QED) is 0.602. The highest BCUT2D eigenvalue weighted by atomic mass is 16.5. The van der Waals surface area contributed by atoms with E-state index in [1.807, 2.05) is 36.5 Å². The molecule has 0 aromatic carbocycles. The molecule has 96 valence electrons. The van der Waals surface area contributed by atoms with Gasteiger partial charge in [0, 0.05) is 29.5 Å². The molecule has 0 aliphatic carbocycles. The lowest BCUT2D eigenvalue weighted by atomic mass is 10.1. The lowest BCUT2D eigenvalue weighted by Crippen LogP contribution is -1.82. The molecule has 0 spiro atoms. The molecule has 5 nitrogen and oxygen atoms in total. The molecule has 0 aliphatic rings. The van der Waals surface area contributed by atoms with Crippen LogP contribution in [0.1, 0.15) is 0 Å². The van der Waals surface area contributed by atoms with Crippen LogP contribution in [0.15, 0.2) is 59.6 Å². The van der Waals surface area contributed by atoms with Crippen molar-refractivity contribution in [1.82, 2.24) is 20.1 Å². The van der Waals surface area contributed by atoms with Gasteiger partial charge in [-0.3, -0.25) is 4.98 Å². The zero-order chi connectivity index (χ0) is 13.4. The largest absolute Gasteiger partial charge is 0.355 e. The van der Waals surface area contributed by atoms with Crippen molar-refractivity contribution >= 4 is 11.0 Å². The predicted molar refractivity (Wildman–Crippen MR) is 74.8 cm³/mol. The fraction of sp³-hybridized carbons (Fsp3) is 0. The van der Waals surface area contributed by atoms with Crippen LogP contribution in [0.25, 0.3) is 33.6 Å². The molecular weight excluding hydrogens is 252 g/mol. The average molecular weight is 262 g/mol. The van der Waals surface area contributed by atoms with E-state index in [2.05, 4.69) is 20.1 Å². The van der Waals surface area contributed by atoms with Crippen LogP contribution in [0.4, 0.5) is 0 Å². The molecule has 1 N–H and O–H groups in total. The summed E-state index contributed by atoms with van der Waals surface area (Å²) in [7, 11) is 0. The highest BCUT2D eigenvalue weighted by molar-refractivity contribution is 5.95. The standard InChI is InChI=1S/C15H10N4O/c1-2-6-16-13(5-1)12-9-19-20-14(12)11-8-18-15-10(11)4-3-7-17-15/h1-9H,(H,17,18). The van der Waals surface area contributed by atoms with Crippen molar-refractivity contribution in [2.45, 2.75) is 0 Å². The summed E-state index contributed by atoms with van der Waals surface area (Å²) in [4.78, 5) is 11.8. The normalized spacial score (nSPS) is 11.0. The van der Waals surface area contributed by atoms with Crippen molar-refractivity contribution in [3.8, 4) is 22.6 Å². The zero-order valence-corrected chi connectivity index (χ0v) is 10.4. The van der Waals surface area contributed by atoms with E-state index in [-0.39, 0.29) is 0 Å². The van der Waals surface area contributed by atoms with Gasteiger partial charge in [-0.2, -0.15) is 0 Å². The second kappa shape index (κ2) is 4.31. The monoisotopic (exact) mass is 262 g/mol. The Kier molecular flexibility index (Phi) is 2.35. The summed E-state index contributed by atoms with van der Waals surface area (Å²) in [5, 5.41) is 4.91. The van der Waals surface area contributed by atoms with E-state index in [0.717, 1.165) is 27.9 Å². The zero-order valence-electron chi connectivity index (χ0n) is 10.4. The number of H-pyrrole nitrogens is 1. The van der Waals surface area contributed by atoms with Crippen molar-refractivity contribution in [3.05, 3.63) is 55.1 Å². The van der Waals surface area contributed by atoms with Gasteiger partial charge in [0.15, 0.2) is 5.76 Å². The molecule has 0 amide bonds. The molecule has 0 saturated carbocycles. The fourth-order valence-electron chi connectivity index (χ4n) is 2.28. The first kappa shape index (κ1) is 10.9. The summed E-state index contributed by atoms with van der Waals surface area (Å²) >= 11 is 0. The number of rotatable bonds is 2. The maximum atomic E-state index is 5.43. The van der Waals surface area contributed by atoms with Gasteiger partial charge in [-0.05, 0) is 24.3 Å². The lowest BCUT2D eigenvalue weighted by Gasteiger charge is -1.99. The average Bonchev–Trinajstić information content (AvgIpc) is 3.14. The molecular formula is C15H10N4O. The van der Waals surface area contributed by atoms with Gasteiger partial charge in [0.25, 0.3) is 0 Å². The van der Waals surface area contributed by atoms with Gasteiger partial charge in [0.2, 0.25) is 0 Å². The molecule has 0 fully saturated rings. The molecule has 4 aromatic rings. The Morgan fingerprint density at radius 1 is 0.950 bits per heavy atom. The van der Waals surface area contributed by atoms with Crippen molar-refractivity contribution < 1.29 is 4.52 Å². The first-order valence-electron chi connectivity index (χ1n) is 6.22. The van der Waals surface area contributed by atoms with Crippen molar-refractivity contribution in [3.63, 3.8) is 0 Å². The van der Waals surface area contributed by atoms with Crippen LogP contribution in [0.2, 0.25) is 0 Å². The van der Waals surface area contributed by atoms with Crippen LogP contribution in [-0.4, -0.2) is 20.1 Å². The molecule has 0 radical (unpaired) electrons. The third kappa shape index (κ3) is 1.60. The Balaban J connectivity index is 1.94. The van der Waals surface area contributed by atoms with Gasteiger partial charge in [-0.15, -0.1) is 0 Å². The maximum absolute atomic E-state index is 5.43. The number of hydrogen-bond acceptors (Lipinski definition) is 4. The Hall–Kier alpha value is -2.95. The Morgan fingerprint density at radius 3 is 2.80 bits per heavy atom. The number of aromatic amines is 1. The lowest BCUT2D eigenvalue weighted by molar-refractivity contribution is 0.433. The predicted octanol–water partition coefficient (Wildman–Crippen LogP) is 3.28. The van der Waals surface area contributed by atoms with Crippen LogP contribution in [-0.2, 0) is 0 Å². The van der Waals surface area contributed by atoms with E-state index in [1.54, 1.807) is 18.6 Å². The van der Waals surface area contributed by atoms with E-state index < -0.39 is 0 Å². The molecule has 5 heteroatoms. The van der Waals surface area contributed by atoms with E-state index in [4.69, 9.17) is 4.52 Å². The number of pyridine rings is 2. The highest BCUT2D eigenvalue weighted by Crippen LogP contribution is 2.34. The minimum Gasteiger partial charge on any atom is -0.355 e. The van der Waals surface area contributed by atoms with Crippen LogP contribution >= 0.6 is 0 Å². The number of aromatic nitrogens is 4. The first-order valence-corrected chi connectivity index (χ1v) is 6.22. The molecule has 0 bridgehead atoms. The van der Waals surface area contributed by atoms with Crippen molar-refractivity contribution in [1.29, 1.82) is 0 Å². The number of nitrogens with one attached hydrogen (secondary N) is 1. The molecule has 20 heavy (non-hydrogen) atoms. The van der Waals surface area contributed by atoms with E-state index in [1.165, 1.54) is 0 Å². The van der Waals surface area contributed by atoms with E-state index in [9.17, 15) is 0 Å². The van der Waals surface area contributed by atoms with Crippen LogP contribution in [0.5, 0.6) is 0 Å². The smallest absolute Gasteiger partial charge is 0.178 e. The maximum Gasteiger partial charge on any atom is 0.178 e. The Morgan fingerprint density at radius 2 is 1.90 bits per heavy atom. The summed E-state index contributed by atoms with van der Waals surface area (Å²) in [6, 6.07) is 9.65. The minimum absolute atomic E-state index is 0.697. The van der Waals surface area contributed by atoms with Gasteiger partial charge < -0.3 is 9.51 Å². The third-order valence-electron chi connectivity index (χ3n) is 3.21. The first-order chi connectivity index (χ1) is 9.93. The van der Waals surface area contributed by atoms with Crippen LogP contribution < -0.4 is 0 Å². The third-order valence-corrected chi connectivity index (χ3v) is 3.21. The van der Waals surface area contributed by atoms with Crippen LogP contribution in [0.3, 0.4) is 0 Å². The topological polar surface area (TPSA) is 67.6 Å². The Labute approximate surface area is 114 Å². The summed E-state index contributed by atoms with van der Waals surface area (Å²) in [5.41, 5.74) is 3.47. The van der Waals surface area contributed by atoms with Crippen LogP contribution in [0, 0.1) is 0 Å². The molecule has 0 aliphatic heterocycles. The molecule has 4 rings (SSSR count). The van der Waals surface area contributed by atoms with Gasteiger partial charge in [-0.25, -0.2) is 4.98 Å². The summed E-state index contributed by atoms with van der Waals surface area (Å²) in [6.07, 6.45) is 7.07. The molecule has 0 saturated heterocycles. The van der Waals surface area contributed by atoms with E-state index >= 15 is 0 Å². The summed E-state index contributed by atoms with van der Waals surface area (Å²) < 4.78 is 5.43. The SMILES string of the molecule is c1ccc(-c2cnoc2-c2c[nH]c3ncccc23)nc1. The van der Waals surface area contributed by atoms with Crippen molar-refractivity contribution in [2.24, 2.45) is 0 Å². The number of nitrogens with zero attached hydrogens (tertiary/aromatic N) is 3. The second-order valence-electron chi connectivity index (χ2n) is 4.39. The summed E-state index contributed by atoms with van der Waals surface area (Å²) in [5.74, 6) is 0.697. The van der Waals surface area contributed by atoms with Crippen molar-refractivity contribution in [2.75, 3.05) is 0 Å². The van der Waals surface area contributed by atoms with Gasteiger partial charge in [0.1, 0.15) is 5.65 Å². The fourth-order valence-corrected chi connectivity index (χ4v) is 2.28. The molecule has 0 unspecified atom stereocenters. The van der Waals surface area contributed by atoms with Gasteiger partial charge in [0.05, 0.1) is 17.5 Å². The van der Waals surface area contributed by atoms with E-state index in [0.29, 0.717) is 5.76 Å². The molecule has 0 atom stereocenters. The van der Waals surface area contributed by atoms with Gasteiger partial charge >= 0.3 is 0 Å².